The van der Waals surface area contributed by atoms with Crippen molar-refractivity contribution in [3.05, 3.63) is 27.5 Å². The highest BCUT2D eigenvalue weighted by Gasteiger charge is 2.34. The van der Waals surface area contributed by atoms with Gasteiger partial charge in [-0.25, -0.2) is 8.78 Å². The number of aliphatic hydroxyl groups is 1. The van der Waals surface area contributed by atoms with Crippen molar-refractivity contribution < 1.29 is 31.8 Å². The van der Waals surface area contributed by atoms with E-state index >= 15 is 0 Å². The number of aliphatic hydroxyl groups excluding tert-OH is 1. The summed E-state index contributed by atoms with van der Waals surface area (Å²) in [5.74, 6) is -1.41. The molecule has 0 aliphatic carbocycles. The van der Waals surface area contributed by atoms with Gasteiger partial charge in [0.15, 0.2) is 5.43 Å². The number of rotatable bonds is 3. The Bertz CT molecular complexity index is 453. The van der Waals surface area contributed by atoms with Crippen LogP contribution in [0.5, 0.6) is 5.88 Å². The predicted octanol–water partition coefficient (Wildman–Crippen LogP) is 1.70. The van der Waals surface area contributed by atoms with E-state index in [0.29, 0.717) is 6.07 Å². The first-order chi connectivity index (χ1) is 7.74. The second-order valence-electron chi connectivity index (χ2n) is 2.91. The lowest BCUT2D eigenvalue weighted by Gasteiger charge is -2.13. The maximum Gasteiger partial charge on any atom is 0.574 e. The molecule has 0 saturated heterocycles. The van der Waals surface area contributed by atoms with Crippen LogP contribution in [0.15, 0.2) is 10.9 Å². The summed E-state index contributed by atoms with van der Waals surface area (Å²) in [5.41, 5.74) is -3.14. The quantitative estimate of drug-likeness (QED) is 0.812. The molecule has 0 fully saturated rings. The third kappa shape index (κ3) is 3.41. The normalized spacial score (nSPS) is 11.9. The van der Waals surface area contributed by atoms with Gasteiger partial charge in [-0.05, 0) is 0 Å². The Labute approximate surface area is 90.6 Å². The standard InChI is InChI=1S/C8H6F5NO3/c9-6(10)5-4(16)1-3(2-15)14-7(5)17-8(11,12)13/h1,6,15H,2H2,(H,14,16). The minimum atomic E-state index is -5.22. The van der Waals surface area contributed by atoms with E-state index in [1.165, 1.54) is 0 Å². The molecule has 1 aromatic heterocycles. The Morgan fingerprint density at radius 1 is 1.41 bits per heavy atom. The Kier molecular flexibility index (Phi) is 3.71. The van der Waals surface area contributed by atoms with Gasteiger partial charge in [-0.1, -0.05) is 0 Å². The first-order valence-electron chi connectivity index (χ1n) is 4.15. The van der Waals surface area contributed by atoms with Crippen molar-refractivity contribution in [1.29, 1.82) is 0 Å². The topological polar surface area (TPSA) is 62.3 Å². The van der Waals surface area contributed by atoms with Crippen LogP contribution in [0, 0.1) is 0 Å². The van der Waals surface area contributed by atoms with Crippen molar-refractivity contribution in [3.63, 3.8) is 0 Å². The number of aromatic nitrogens is 1. The van der Waals surface area contributed by atoms with Crippen LogP contribution in [-0.2, 0) is 6.61 Å². The molecule has 1 heterocycles. The highest BCUT2D eigenvalue weighted by molar-refractivity contribution is 5.29. The fraction of sp³-hybridized carbons (Fsp3) is 0.375. The molecule has 0 amide bonds. The van der Waals surface area contributed by atoms with E-state index in [-0.39, 0.29) is 5.69 Å². The maximum atomic E-state index is 12.4. The van der Waals surface area contributed by atoms with E-state index in [0.717, 1.165) is 0 Å². The molecule has 0 saturated carbocycles. The Morgan fingerprint density at radius 2 is 2.00 bits per heavy atom. The van der Waals surface area contributed by atoms with Crippen molar-refractivity contribution in [1.82, 2.24) is 4.98 Å². The Hall–Kier alpha value is -1.64. The van der Waals surface area contributed by atoms with Crippen LogP contribution in [-0.4, -0.2) is 16.5 Å². The number of halogens is 5. The third-order valence-electron chi connectivity index (χ3n) is 1.70. The zero-order valence-corrected chi connectivity index (χ0v) is 8.02. The van der Waals surface area contributed by atoms with Crippen LogP contribution >= 0.6 is 0 Å². The molecule has 2 N–H and O–H groups in total. The van der Waals surface area contributed by atoms with E-state index in [9.17, 15) is 26.7 Å². The van der Waals surface area contributed by atoms with Crippen LogP contribution in [0.4, 0.5) is 22.0 Å². The average Bonchev–Trinajstić information content (AvgIpc) is 2.13. The molecule has 0 spiro atoms. The first-order valence-corrected chi connectivity index (χ1v) is 4.15. The molecular weight excluding hydrogens is 253 g/mol. The number of hydrogen-bond acceptors (Lipinski definition) is 3. The van der Waals surface area contributed by atoms with Gasteiger partial charge in [-0.15, -0.1) is 13.2 Å². The molecule has 0 radical (unpaired) electrons. The van der Waals surface area contributed by atoms with Crippen molar-refractivity contribution in [2.75, 3.05) is 0 Å². The lowest BCUT2D eigenvalue weighted by atomic mass is 10.2. The number of H-pyrrole nitrogens is 1. The molecular formula is C8H6F5NO3. The number of alkyl halides is 5. The van der Waals surface area contributed by atoms with Gasteiger partial charge in [0.05, 0.1) is 6.61 Å². The van der Waals surface area contributed by atoms with Gasteiger partial charge < -0.3 is 14.8 Å². The molecule has 1 aromatic rings. The van der Waals surface area contributed by atoms with Gasteiger partial charge in [0, 0.05) is 11.8 Å². The molecule has 4 nitrogen and oxygen atoms in total. The minimum absolute atomic E-state index is 0.362. The summed E-state index contributed by atoms with van der Waals surface area (Å²) in [5, 5.41) is 8.62. The molecule has 96 valence electrons. The average molecular weight is 259 g/mol. The largest absolute Gasteiger partial charge is 0.574 e. The molecule has 0 aromatic carbocycles. The molecule has 0 aliphatic heterocycles. The number of hydrogen-bond donors (Lipinski definition) is 2. The van der Waals surface area contributed by atoms with Crippen LogP contribution in [0.2, 0.25) is 0 Å². The third-order valence-corrected chi connectivity index (χ3v) is 1.70. The van der Waals surface area contributed by atoms with Crippen molar-refractivity contribution in [2.24, 2.45) is 0 Å². The first kappa shape index (κ1) is 13.4. The van der Waals surface area contributed by atoms with Gasteiger partial charge in [0.25, 0.3) is 6.43 Å². The monoisotopic (exact) mass is 259 g/mol. The van der Waals surface area contributed by atoms with Crippen molar-refractivity contribution in [3.8, 4) is 5.88 Å². The van der Waals surface area contributed by atoms with E-state index in [4.69, 9.17) is 5.11 Å². The second-order valence-corrected chi connectivity index (χ2v) is 2.91. The molecule has 0 atom stereocenters. The van der Waals surface area contributed by atoms with Crippen LogP contribution in [0.25, 0.3) is 0 Å². The molecule has 17 heavy (non-hydrogen) atoms. The fourth-order valence-electron chi connectivity index (χ4n) is 1.09. The molecule has 1 rings (SSSR count). The van der Waals surface area contributed by atoms with Crippen molar-refractivity contribution >= 4 is 0 Å². The smallest absolute Gasteiger partial charge is 0.390 e. The van der Waals surface area contributed by atoms with Gasteiger partial charge in [0.2, 0.25) is 5.88 Å². The van der Waals surface area contributed by atoms with Crippen LogP contribution < -0.4 is 10.2 Å². The van der Waals surface area contributed by atoms with E-state index < -0.39 is 36.3 Å². The van der Waals surface area contributed by atoms with E-state index in [2.05, 4.69) is 4.74 Å². The van der Waals surface area contributed by atoms with Gasteiger partial charge in [0.1, 0.15) is 5.56 Å². The van der Waals surface area contributed by atoms with Crippen LogP contribution in [0.1, 0.15) is 17.7 Å². The highest BCUT2D eigenvalue weighted by atomic mass is 19.4. The lowest BCUT2D eigenvalue weighted by Crippen LogP contribution is -2.23. The fourth-order valence-corrected chi connectivity index (χ4v) is 1.09. The van der Waals surface area contributed by atoms with Crippen molar-refractivity contribution in [2.45, 2.75) is 19.4 Å². The van der Waals surface area contributed by atoms with E-state index in [1.807, 2.05) is 0 Å². The summed E-state index contributed by atoms with van der Waals surface area (Å²) >= 11 is 0. The summed E-state index contributed by atoms with van der Waals surface area (Å²) in [4.78, 5) is 12.9. The van der Waals surface area contributed by atoms with Gasteiger partial charge >= 0.3 is 6.36 Å². The summed E-state index contributed by atoms with van der Waals surface area (Å²) in [6.07, 6.45) is -8.65. The number of ether oxygens (including phenoxy) is 1. The zero-order chi connectivity index (χ0) is 13.2. The Balaban J connectivity index is 3.33. The molecule has 0 bridgehead atoms. The lowest BCUT2D eigenvalue weighted by molar-refractivity contribution is -0.276. The summed E-state index contributed by atoms with van der Waals surface area (Å²) < 4.78 is 63.7. The van der Waals surface area contributed by atoms with Gasteiger partial charge in [-0.3, -0.25) is 4.79 Å². The summed E-state index contributed by atoms with van der Waals surface area (Å²) in [7, 11) is 0. The highest BCUT2D eigenvalue weighted by Crippen LogP contribution is 2.28. The Morgan fingerprint density at radius 3 is 2.41 bits per heavy atom. The SMILES string of the molecule is O=c1cc(CO)[nH]c(OC(F)(F)F)c1C(F)F. The predicted molar refractivity (Wildman–Crippen MR) is 44.6 cm³/mol. The maximum absolute atomic E-state index is 12.4. The minimum Gasteiger partial charge on any atom is -0.390 e. The number of pyridine rings is 1. The summed E-state index contributed by atoms with van der Waals surface area (Å²) in [6, 6.07) is 0.574. The zero-order valence-electron chi connectivity index (χ0n) is 8.02. The summed E-state index contributed by atoms with van der Waals surface area (Å²) in [6.45, 7) is -0.813. The molecule has 0 aliphatic rings. The number of aromatic amines is 1. The van der Waals surface area contributed by atoms with E-state index in [1.54, 1.807) is 4.98 Å². The van der Waals surface area contributed by atoms with Crippen LogP contribution in [0.3, 0.4) is 0 Å². The van der Waals surface area contributed by atoms with Gasteiger partial charge in [-0.2, -0.15) is 0 Å². The molecule has 9 heteroatoms. The molecule has 0 unspecified atom stereocenters. The second kappa shape index (κ2) is 4.70. The number of nitrogens with one attached hydrogen (secondary N) is 1.